The van der Waals surface area contributed by atoms with Crippen LogP contribution in [-0.4, -0.2) is 51.6 Å². The molecule has 0 saturated carbocycles. The summed E-state index contributed by atoms with van der Waals surface area (Å²) in [6, 6.07) is 3.20. The zero-order valence-corrected chi connectivity index (χ0v) is 19.0. The highest BCUT2D eigenvalue weighted by molar-refractivity contribution is 6.00. The van der Waals surface area contributed by atoms with Crippen molar-refractivity contribution in [2.24, 2.45) is 0 Å². The minimum absolute atomic E-state index is 0.177. The summed E-state index contributed by atoms with van der Waals surface area (Å²) in [4.78, 5) is 19.6. The number of anilines is 1. The zero-order valence-electron chi connectivity index (χ0n) is 19.0. The average molecular weight is 496 g/mol. The number of hydrogen-bond donors (Lipinski definition) is 1. The Hall–Kier alpha value is -4.62. The van der Waals surface area contributed by atoms with Gasteiger partial charge >= 0.3 is 6.18 Å². The molecule has 0 aliphatic rings. The number of rotatable bonds is 6. The van der Waals surface area contributed by atoms with Gasteiger partial charge in [-0.1, -0.05) is 12.1 Å². The van der Waals surface area contributed by atoms with Gasteiger partial charge in [0.15, 0.2) is 0 Å². The molecule has 0 radical (unpaired) electrons. The van der Waals surface area contributed by atoms with Gasteiger partial charge in [-0.3, -0.25) is 0 Å². The molecule has 0 fully saturated rings. The first-order valence-electron chi connectivity index (χ1n) is 10.7. The maximum absolute atomic E-state index is 13.0. The van der Waals surface area contributed by atoms with E-state index in [1.807, 2.05) is 11.5 Å². The predicted octanol–water partition coefficient (Wildman–Crippen LogP) is 3.47. The summed E-state index contributed by atoms with van der Waals surface area (Å²) in [5.74, 6) is -0.576. The third-order valence-corrected chi connectivity index (χ3v) is 5.62. The predicted molar refractivity (Wildman–Crippen MR) is 122 cm³/mol. The second-order valence-electron chi connectivity index (χ2n) is 7.77. The van der Waals surface area contributed by atoms with Crippen molar-refractivity contribution in [3.63, 3.8) is 0 Å². The highest BCUT2D eigenvalue weighted by Crippen LogP contribution is 2.36. The number of halogens is 3. The molecule has 5 heterocycles. The van der Waals surface area contributed by atoms with E-state index in [2.05, 4.69) is 35.2 Å². The van der Waals surface area contributed by atoms with Gasteiger partial charge in [-0.25, -0.2) is 29.6 Å². The van der Waals surface area contributed by atoms with Crippen LogP contribution in [0.1, 0.15) is 30.9 Å². The molecule has 0 spiro atoms. The summed E-state index contributed by atoms with van der Waals surface area (Å²) >= 11 is 0. The molecular formula is C22H19F3N10O. The number of nitrogens with zero attached hydrogens (tertiary/aromatic N) is 9. The van der Waals surface area contributed by atoms with Crippen molar-refractivity contribution < 1.29 is 17.9 Å². The molecule has 0 aliphatic heterocycles. The molecule has 0 amide bonds. The van der Waals surface area contributed by atoms with Crippen LogP contribution in [-0.2, 0) is 6.18 Å². The van der Waals surface area contributed by atoms with Crippen molar-refractivity contribution in [2.75, 3.05) is 12.8 Å². The fourth-order valence-corrected chi connectivity index (χ4v) is 3.91. The maximum atomic E-state index is 13.0. The molecule has 184 valence electrons. The second kappa shape index (κ2) is 8.87. The van der Waals surface area contributed by atoms with Crippen LogP contribution in [0.15, 0.2) is 49.4 Å². The lowest BCUT2D eigenvalue weighted by Crippen LogP contribution is -2.10. The second-order valence-corrected chi connectivity index (χ2v) is 7.77. The molecule has 0 aromatic carbocycles. The third-order valence-electron chi connectivity index (χ3n) is 5.62. The minimum atomic E-state index is -4.65. The molecule has 1 atom stereocenters. The van der Waals surface area contributed by atoms with E-state index in [1.165, 1.54) is 13.4 Å². The lowest BCUT2D eigenvalue weighted by Gasteiger charge is -2.15. The Kier molecular flexibility index (Phi) is 5.70. The van der Waals surface area contributed by atoms with Crippen molar-refractivity contribution in [1.29, 1.82) is 0 Å². The number of fused-ring (bicyclic) bond motifs is 1. The van der Waals surface area contributed by atoms with E-state index < -0.39 is 12.0 Å². The molecule has 0 aliphatic carbocycles. The topological polar surface area (TPSA) is 135 Å². The Morgan fingerprint density at radius 1 is 1.03 bits per heavy atom. The molecule has 5 aromatic rings. The Bertz CT molecular complexity index is 1510. The van der Waals surface area contributed by atoms with Gasteiger partial charge in [-0.05, 0) is 12.5 Å². The number of aromatic nitrogens is 9. The van der Waals surface area contributed by atoms with Gasteiger partial charge in [-0.15, -0.1) is 5.10 Å². The van der Waals surface area contributed by atoms with E-state index in [4.69, 9.17) is 10.5 Å². The SMILES string of the molecule is CCC(c1cn(-c2ccc(OC)nc2)nn1)n1cc(-c2cnc(C(F)(F)F)nc2)c2c(N)ncnc21. The Balaban J connectivity index is 1.58. The maximum Gasteiger partial charge on any atom is 0.451 e. The highest BCUT2D eigenvalue weighted by atomic mass is 19.4. The van der Waals surface area contributed by atoms with Crippen molar-refractivity contribution in [2.45, 2.75) is 25.6 Å². The number of methoxy groups -OCH3 is 1. The monoisotopic (exact) mass is 496 g/mol. The van der Waals surface area contributed by atoms with Crippen molar-refractivity contribution in [3.05, 3.63) is 61.0 Å². The van der Waals surface area contributed by atoms with Crippen molar-refractivity contribution in [1.82, 2.24) is 44.5 Å². The van der Waals surface area contributed by atoms with E-state index in [-0.39, 0.29) is 11.9 Å². The number of nitrogen functional groups attached to an aromatic ring is 1. The van der Waals surface area contributed by atoms with Gasteiger partial charge in [0.05, 0.1) is 36.6 Å². The molecule has 0 bridgehead atoms. The molecule has 11 nitrogen and oxygen atoms in total. The number of pyridine rings is 1. The first kappa shape index (κ1) is 23.1. The van der Waals surface area contributed by atoms with Crippen LogP contribution >= 0.6 is 0 Å². The minimum Gasteiger partial charge on any atom is -0.481 e. The first-order valence-corrected chi connectivity index (χ1v) is 10.7. The average Bonchev–Trinajstić information content (AvgIpc) is 3.51. The summed E-state index contributed by atoms with van der Waals surface area (Å²) in [6.45, 7) is 1.97. The largest absolute Gasteiger partial charge is 0.481 e. The van der Waals surface area contributed by atoms with Crippen LogP contribution < -0.4 is 10.5 Å². The van der Waals surface area contributed by atoms with E-state index >= 15 is 0 Å². The van der Waals surface area contributed by atoms with Gasteiger partial charge in [0.1, 0.15) is 23.5 Å². The van der Waals surface area contributed by atoms with E-state index in [9.17, 15) is 13.2 Å². The Morgan fingerprint density at radius 3 is 2.44 bits per heavy atom. The normalized spacial score (nSPS) is 12.7. The quantitative estimate of drug-likeness (QED) is 0.375. The smallest absolute Gasteiger partial charge is 0.451 e. The van der Waals surface area contributed by atoms with Gasteiger partial charge in [0, 0.05) is 35.8 Å². The van der Waals surface area contributed by atoms with Crippen molar-refractivity contribution in [3.8, 4) is 22.7 Å². The summed E-state index contributed by atoms with van der Waals surface area (Å²) in [5.41, 5.74) is 8.82. The van der Waals surface area contributed by atoms with Gasteiger partial charge in [-0.2, -0.15) is 13.2 Å². The van der Waals surface area contributed by atoms with Gasteiger partial charge < -0.3 is 15.0 Å². The van der Waals surface area contributed by atoms with Crippen LogP contribution in [0, 0.1) is 0 Å². The van der Waals surface area contributed by atoms with Crippen LogP contribution in [0.5, 0.6) is 5.88 Å². The molecule has 14 heteroatoms. The summed E-state index contributed by atoms with van der Waals surface area (Å²) in [5, 5.41) is 9.04. The lowest BCUT2D eigenvalue weighted by atomic mass is 10.1. The van der Waals surface area contributed by atoms with E-state index in [0.29, 0.717) is 45.8 Å². The molecule has 0 saturated heterocycles. The number of alkyl halides is 3. The fourth-order valence-electron chi connectivity index (χ4n) is 3.91. The van der Waals surface area contributed by atoms with Crippen LogP contribution in [0.4, 0.5) is 19.0 Å². The Labute approximate surface area is 201 Å². The number of hydrogen-bond acceptors (Lipinski definition) is 9. The van der Waals surface area contributed by atoms with Gasteiger partial charge in [0.2, 0.25) is 11.7 Å². The first-order chi connectivity index (χ1) is 17.3. The van der Waals surface area contributed by atoms with Crippen LogP contribution in [0.25, 0.3) is 27.8 Å². The molecular weight excluding hydrogens is 477 g/mol. The lowest BCUT2D eigenvalue weighted by molar-refractivity contribution is -0.144. The zero-order chi connectivity index (χ0) is 25.4. The fraction of sp³-hybridized carbons (Fsp3) is 0.227. The molecule has 5 aromatic heterocycles. The van der Waals surface area contributed by atoms with Crippen LogP contribution in [0.3, 0.4) is 0 Å². The van der Waals surface area contributed by atoms with Gasteiger partial charge in [0.25, 0.3) is 0 Å². The highest BCUT2D eigenvalue weighted by Gasteiger charge is 2.34. The standard InChI is InChI=1S/C22H19F3N10O/c1-3-16(15-10-35(33-32-15)13-4-5-17(36-2)27-8-13)34-9-14(18-19(26)30-11-31-20(18)34)12-6-28-21(29-7-12)22(23,24)25/h4-11,16H,3H2,1-2H3,(H2,26,30,31). The number of ether oxygens (including phenoxy) is 1. The van der Waals surface area contributed by atoms with E-state index in [1.54, 1.807) is 35.4 Å². The summed E-state index contributed by atoms with van der Waals surface area (Å²) in [7, 11) is 1.53. The summed E-state index contributed by atoms with van der Waals surface area (Å²) in [6.07, 6.45) is 4.63. The number of nitrogens with two attached hydrogens (primary N) is 1. The third kappa shape index (κ3) is 4.06. The summed E-state index contributed by atoms with van der Waals surface area (Å²) < 4.78 is 47.4. The molecule has 1 unspecified atom stereocenters. The molecule has 5 rings (SSSR count). The van der Waals surface area contributed by atoms with E-state index in [0.717, 1.165) is 12.4 Å². The molecule has 2 N–H and O–H groups in total. The van der Waals surface area contributed by atoms with Crippen LogP contribution in [0.2, 0.25) is 0 Å². The molecule has 36 heavy (non-hydrogen) atoms. The Morgan fingerprint density at radius 2 is 1.81 bits per heavy atom. The van der Waals surface area contributed by atoms with Crippen molar-refractivity contribution >= 4 is 16.9 Å².